The number of anilines is 1. The van der Waals surface area contributed by atoms with E-state index in [1.165, 1.54) is 0 Å². The van der Waals surface area contributed by atoms with Gasteiger partial charge in [-0.25, -0.2) is 0 Å². The van der Waals surface area contributed by atoms with Crippen LogP contribution in [0.5, 0.6) is 0 Å². The van der Waals surface area contributed by atoms with Gasteiger partial charge < -0.3 is 10.6 Å². The summed E-state index contributed by atoms with van der Waals surface area (Å²) < 4.78 is 0. The van der Waals surface area contributed by atoms with Crippen molar-refractivity contribution in [3.05, 3.63) is 29.8 Å². The van der Waals surface area contributed by atoms with Crippen LogP contribution >= 0.6 is 0 Å². The zero-order valence-corrected chi connectivity index (χ0v) is 10.2. The van der Waals surface area contributed by atoms with Crippen LogP contribution in [0.25, 0.3) is 0 Å². The quantitative estimate of drug-likeness (QED) is 0.853. The maximum Gasteiger partial charge on any atom is 0.229 e. The molecule has 1 atom stereocenters. The Balaban J connectivity index is 2.85. The van der Waals surface area contributed by atoms with Crippen molar-refractivity contribution >= 4 is 11.6 Å². The molecule has 17 heavy (non-hydrogen) atoms. The predicted octanol–water partition coefficient (Wildman–Crippen LogP) is 1.51. The number of carbonyl (C=O) groups is 1. The van der Waals surface area contributed by atoms with E-state index in [2.05, 4.69) is 6.07 Å². The van der Waals surface area contributed by atoms with E-state index < -0.39 is 0 Å². The van der Waals surface area contributed by atoms with E-state index in [0.717, 1.165) is 5.69 Å². The van der Waals surface area contributed by atoms with Crippen LogP contribution in [-0.2, 0) is 4.79 Å². The molecule has 4 heteroatoms. The second-order valence-electron chi connectivity index (χ2n) is 4.04. The second-order valence-corrected chi connectivity index (χ2v) is 4.04. The first-order chi connectivity index (χ1) is 8.10. The van der Waals surface area contributed by atoms with E-state index >= 15 is 0 Å². The molecular formula is C13H17N3O. The van der Waals surface area contributed by atoms with Crippen LogP contribution in [0.2, 0.25) is 0 Å². The second kappa shape index (κ2) is 6.02. The Morgan fingerprint density at radius 3 is 2.88 bits per heavy atom. The topological polar surface area (TPSA) is 70.1 Å². The molecule has 0 saturated heterocycles. The van der Waals surface area contributed by atoms with Gasteiger partial charge in [0.1, 0.15) is 0 Å². The Morgan fingerprint density at radius 1 is 1.59 bits per heavy atom. The minimum absolute atomic E-state index is 0.0190. The maximum absolute atomic E-state index is 12.0. The number of hydrogen-bond donors (Lipinski definition) is 1. The number of rotatable bonds is 4. The number of nitrogens with two attached hydrogens (primary N) is 1. The van der Waals surface area contributed by atoms with Crippen molar-refractivity contribution in [2.75, 3.05) is 18.5 Å². The van der Waals surface area contributed by atoms with Crippen LogP contribution in [0.4, 0.5) is 5.69 Å². The molecule has 0 aliphatic heterocycles. The molecule has 90 valence electrons. The fourth-order valence-corrected chi connectivity index (χ4v) is 1.62. The summed E-state index contributed by atoms with van der Waals surface area (Å²) in [6, 6.07) is 9.05. The lowest BCUT2D eigenvalue weighted by atomic mass is 10.1. The molecule has 0 fully saturated rings. The van der Waals surface area contributed by atoms with Gasteiger partial charge in [0, 0.05) is 18.7 Å². The van der Waals surface area contributed by atoms with Gasteiger partial charge in [0.15, 0.2) is 0 Å². The number of nitriles is 1. The molecule has 0 heterocycles. The van der Waals surface area contributed by atoms with E-state index in [1.54, 1.807) is 30.1 Å². The Kier molecular flexibility index (Phi) is 4.68. The van der Waals surface area contributed by atoms with Gasteiger partial charge in [0.25, 0.3) is 0 Å². The fraction of sp³-hybridized carbons (Fsp3) is 0.385. The van der Waals surface area contributed by atoms with Gasteiger partial charge in [-0.2, -0.15) is 5.26 Å². The summed E-state index contributed by atoms with van der Waals surface area (Å²) >= 11 is 0. The van der Waals surface area contributed by atoms with Crippen molar-refractivity contribution in [2.45, 2.75) is 13.3 Å². The van der Waals surface area contributed by atoms with E-state index in [4.69, 9.17) is 11.0 Å². The molecule has 0 bridgehead atoms. The van der Waals surface area contributed by atoms with Gasteiger partial charge in [-0.05, 0) is 31.2 Å². The van der Waals surface area contributed by atoms with Gasteiger partial charge >= 0.3 is 0 Å². The van der Waals surface area contributed by atoms with Crippen LogP contribution in [0.1, 0.15) is 18.9 Å². The molecule has 1 aromatic carbocycles. The summed E-state index contributed by atoms with van der Waals surface area (Å²) in [4.78, 5) is 13.6. The molecule has 0 aliphatic carbocycles. The van der Waals surface area contributed by atoms with Crippen LogP contribution < -0.4 is 10.6 Å². The van der Waals surface area contributed by atoms with Gasteiger partial charge in [-0.3, -0.25) is 4.79 Å². The number of amides is 1. The molecule has 1 rings (SSSR count). The fourth-order valence-electron chi connectivity index (χ4n) is 1.62. The smallest absolute Gasteiger partial charge is 0.229 e. The first kappa shape index (κ1) is 13.2. The lowest BCUT2D eigenvalue weighted by molar-refractivity contribution is -0.121. The summed E-state index contributed by atoms with van der Waals surface area (Å²) in [5.74, 6) is -0.0821. The van der Waals surface area contributed by atoms with E-state index in [0.29, 0.717) is 18.5 Å². The van der Waals surface area contributed by atoms with Crippen molar-refractivity contribution in [2.24, 2.45) is 11.7 Å². The third-order valence-corrected chi connectivity index (χ3v) is 2.71. The summed E-state index contributed by atoms with van der Waals surface area (Å²) in [6.45, 7) is 2.36. The molecule has 1 unspecified atom stereocenters. The predicted molar refractivity (Wildman–Crippen MR) is 67.4 cm³/mol. The van der Waals surface area contributed by atoms with Crippen LogP contribution in [0.15, 0.2) is 24.3 Å². The highest BCUT2D eigenvalue weighted by molar-refractivity contribution is 5.94. The third-order valence-electron chi connectivity index (χ3n) is 2.71. The van der Waals surface area contributed by atoms with Crippen LogP contribution in [0.3, 0.4) is 0 Å². The molecule has 2 N–H and O–H groups in total. The third kappa shape index (κ3) is 3.30. The summed E-state index contributed by atoms with van der Waals surface area (Å²) in [7, 11) is 1.71. The van der Waals surface area contributed by atoms with E-state index in [9.17, 15) is 4.79 Å². The van der Waals surface area contributed by atoms with Gasteiger partial charge in [0.2, 0.25) is 5.91 Å². The highest BCUT2D eigenvalue weighted by Crippen LogP contribution is 2.17. The molecule has 0 aromatic heterocycles. The van der Waals surface area contributed by atoms with Crippen molar-refractivity contribution in [1.29, 1.82) is 5.26 Å². The molecule has 1 aromatic rings. The summed E-state index contributed by atoms with van der Waals surface area (Å²) in [5, 5.41) is 8.81. The van der Waals surface area contributed by atoms with E-state index in [1.807, 2.05) is 13.0 Å². The van der Waals surface area contributed by atoms with Crippen LogP contribution in [0, 0.1) is 17.2 Å². The molecule has 0 aliphatic rings. The lowest BCUT2D eigenvalue weighted by Gasteiger charge is -2.21. The maximum atomic E-state index is 12.0. The molecule has 1 amide bonds. The van der Waals surface area contributed by atoms with Crippen molar-refractivity contribution < 1.29 is 4.79 Å². The number of hydrogen-bond acceptors (Lipinski definition) is 3. The standard InChI is InChI=1S/C13H17N3O/c1-10(6-7-14)13(17)16(2)12-5-3-4-11(8-12)9-15/h3-5,8,10H,6-7,14H2,1-2H3. The Hall–Kier alpha value is -1.86. The summed E-state index contributed by atoms with van der Waals surface area (Å²) in [5.41, 5.74) is 6.72. The highest BCUT2D eigenvalue weighted by atomic mass is 16.2. The van der Waals surface area contributed by atoms with Gasteiger partial charge in [-0.1, -0.05) is 13.0 Å². The van der Waals surface area contributed by atoms with Crippen molar-refractivity contribution in [3.8, 4) is 6.07 Å². The van der Waals surface area contributed by atoms with Crippen LogP contribution in [-0.4, -0.2) is 19.5 Å². The molecule has 4 nitrogen and oxygen atoms in total. The van der Waals surface area contributed by atoms with Gasteiger partial charge in [0.05, 0.1) is 11.6 Å². The van der Waals surface area contributed by atoms with Crippen molar-refractivity contribution in [3.63, 3.8) is 0 Å². The molecule has 0 radical (unpaired) electrons. The normalized spacial score (nSPS) is 11.6. The minimum Gasteiger partial charge on any atom is -0.330 e. The Bertz CT molecular complexity index is 437. The number of nitrogens with zero attached hydrogens (tertiary/aromatic N) is 2. The zero-order chi connectivity index (χ0) is 12.8. The average Bonchev–Trinajstić information content (AvgIpc) is 2.37. The first-order valence-corrected chi connectivity index (χ1v) is 5.58. The molecule has 0 saturated carbocycles. The van der Waals surface area contributed by atoms with E-state index in [-0.39, 0.29) is 11.8 Å². The lowest BCUT2D eigenvalue weighted by Crippen LogP contribution is -2.32. The Labute approximate surface area is 102 Å². The summed E-state index contributed by atoms with van der Waals surface area (Å²) in [6.07, 6.45) is 0.668. The zero-order valence-electron chi connectivity index (χ0n) is 10.2. The van der Waals surface area contributed by atoms with Crippen molar-refractivity contribution in [1.82, 2.24) is 0 Å². The first-order valence-electron chi connectivity index (χ1n) is 5.58. The largest absolute Gasteiger partial charge is 0.330 e. The number of carbonyl (C=O) groups excluding carboxylic acids is 1. The number of benzene rings is 1. The SMILES string of the molecule is CC(CCN)C(=O)N(C)c1cccc(C#N)c1. The highest BCUT2D eigenvalue weighted by Gasteiger charge is 2.17. The monoisotopic (exact) mass is 231 g/mol. The average molecular weight is 231 g/mol. The molecule has 0 spiro atoms. The Morgan fingerprint density at radius 2 is 2.29 bits per heavy atom. The molecular weight excluding hydrogens is 214 g/mol. The van der Waals surface area contributed by atoms with Gasteiger partial charge in [-0.15, -0.1) is 0 Å². The minimum atomic E-state index is -0.101.